The molecule has 0 amide bonds. The molecule has 0 saturated heterocycles. The van der Waals surface area contributed by atoms with Crippen LogP contribution in [0.2, 0.25) is 5.15 Å². The molecular weight excluding hydrogens is 226 g/mol. The highest BCUT2D eigenvalue weighted by Crippen LogP contribution is 2.20. The van der Waals surface area contributed by atoms with Crippen LogP contribution in [0.1, 0.15) is 19.8 Å². The fourth-order valence-electron chi connectivity index (χ4n) is 1.50. The highest BCUT2D eigenvalue weighted by molar-refractivity contribution is 6.29. The lowest BCUT2D eigenvalue weighted by molar-refractivity contribution is 0.182. The van der Waals surface area contributed by atoms with Crippen molar-refractivity contribution in [3.05, 3.63) is 17.3 Å². The summed E-state index contributed by atoms with van der Waals surface area (Å²) >= 11 is 5.82. The minimum Gasteiger partial charge on any atom is -0.396 e. The normalized spacial score (nSPS) is 12.4. The van der Waals surface area contributed by atoms with Crippen molar-refractivity contribution in [2.45, 2.75) is 25.8 Å². The number of hydrogen-bond donors (Lipinski definition) is 2. The molecule has 0 radical (unpaired) electrons. The quantitative estimate of drug-likeness (QED) is 0.754. The third kappa shape index (κ3) is 3.87. The van der Waals surface area contributed by atoms with Crippen LogP contribution in [0.15, 0.2) is 12.1 Å². The first-order chi connectivity index (χ1) is 7.67. The van der Waals surface area contributed by atoms with E-state index < -0.39 is 0 Å². The summed E-state index contributed by atoms with van der Waals surface area (Å²) in [4.78, 5) is 4.15. The Bertz CT molecular complexity index is 327. The Labute approximate surface area is 101 Å². The summed E-state index contributed by atoms with van der Waals surface area (Å²) in [5, 5.41) is 3.68. The predicted octanol–water partition coefficient (Wildman–Crippen LogP) is 2.54. The van der Waals surface area contributed by atoms with Crippen LogP contribution in [0, 0.1) is 0 Å². The molecule has 5 heteroatoms. The van der Waals surface area contributed by atoms with Gasteiger partial charge in [-0.25, -0.2) is 4.98 Å². The highest BCUT2D eigenvalue weighted by atomic mass is 35.5. The first kappa shape index (κ1) is 13.1. The molecule has 90 valence electrons. The van der Waals surface area contributed by atoms with Gasteiger partial charge >= 0.3 is 0 Å². The Morgan fingerprint density at radius 2 is 2.31 bits per heavy atom. The van der Waals surface area contributed by atoms with Crippen molar-refractivity contribution in [1.82, 2.24) is 4.98 Å². The van der Waals surface area contributed by atoms with E-state index in [9.17, 15) is 0 Å². The maximum atomic E-state index is 5.82. The summed E-state index contributed by atoms with van der Waals surface area (Å²) in [5.74, 6) is 0.628. The number of hydrogen-bond acceptors (Lipinski definition) is 4. The van der Waals surface area contributed by atoms with Crippen LogP contribution >= 0.6 is 11.6 Å². The molecule has 4 nitrogen and oxygen atoms in total. The van der Waals surface area contributed by atoms with Gasteiger partial charge in [0.25, 0.3) is 0 Å². The summed E-state index contributed by atoms with van der Waals surface area (Å²) in [6, 6.07) is 3.63. The van der Waals surface area contributed by atoms with E-state index in [0.717, 1.165) is 12.8 Å². The standard InChI is InChI=1S/C11H18ClN3O/c1-3-4-8(7-16-2)14-11-9(13)5-6-10(12)15-11/h5-6,8H,3-4,7,13H2,1-2H3,(H,14,15)/t8-/m1/s1. The van der Waals surface area contributed by atoms with E-state index in [1.165, 1.54) is 0 Å². The van der Waals surface area contributed by atoms with Gasteiger partial charge in [-0.05, 0) is 18.6 Å². The van der Waals surface area contributed by atoms with Crippen molar-refractivity contribution in [2.24, 2.45) is 0 Å². The Kier molecular flexibility index (Phi) is 5.35. The minimum absolute atomic E-state index is 0.211. The van der Waals surface area contributed by atoms with Crippen molar-refractivity contribution >= 4 is 23.1 Å². The molecule has 0 unspecified atom stereocenters. The van der Waals surface area contributed by atoms with Crippen LogP contribution in [-0.2, 0) is 4.74 Å². The minimum atomic E-state index is 0.211. The Morgan fingerprint density at radius 1 is 1.56 bits per heavy atom. The smallest absolute Gasteiger partial charge is 0.151 e. The molecule has 1 rings (SSSR count). The zero-order valence-electron chi connectivity index (χ0n) is 9.66. The van der Waals surface area contributed by atoms with Crippen LogP contribution in [0.5, 0.6) is 0 Å². The van der Waals surface area contributed by atoms with E-state index in [2.05, 4.69) is 17.2 Å². The Hall–Kier alpha value is -1.00. The molecule has 1 atom stereocenters. The lowest BCUT2D eigenvalue weighted by Gasteiger charge is -2.18. The summed E-state index contributed by atoms with van der Waals surface area (Å²) < 4.78 is 5.13. The van der Waals surface area contributed by atoms with Gasteiger partial charge in [0, 0.05) is 7.11 Å². The fraction of sp³-hybridized carbons (Fsp3) is 0.545. The van der Waals surface area contributed by atoms with Gasteiger partial charge in [-0.15, -0.1) is 0 Å². The molecule has 0 aliphatic heterocycles. The molecule has 0 spiro atoms. The SMILES string of the molecule is CCC[C@H](COC)Nc1nc(Cl)ccc1N. The molecule has 0 aliphatic carbocycles. The van der Waals surface area contributed by atoms with Crippen LogP contribution in [0.25, 0.3) is 0 Å². The molecule has 0 aromatic carbocycles. The number of pyridine rings is 1. The van der Waals surface area contributed by atoms with Crippen molar-refractivity contribution in [3.8, 4) is 0 Å². The van der Waals surface area contributed by atoms with Crippen LogP contribution < -0.4 is 11.1 Å². The molecule has 0 bridgehead atoms. The molecule has 1 heterocycles. The first-order valence-electron chi connectivity index (χ1n) is 5.34. The van der Waals surface area contributed by atoms with Crippen molar-refractivity contribution in [3.63, 3.8) is 0 Å². The second kappa shape index (κ2) is 6.55. The van der Waals surface area contributed by atoms with Crippen molar-refractivity contribution in [2.75, 3.05) is 24.8 Å². The van der Waals surface area contributed by atoms with Gasteiger partial charge in [-0.2, -0.15) is 0 Å². The zero-order chi connectivity index (χ0) is 12.0. The predicted molar refractivity (Wildman–Crippen MR) is 67.9 cm³/mol. The maximum absolute atomic E-state index is 5.82. The number of nitrogens with one attached hydrogen (secondary N) is 1. The molecule has 0 saturated carbocycles. The van der Waals surface area contributed by atoms with E-state index in [0.29, 0.717) is 23.3 Å². The maximum Gasteiger partial charge on any atom is 0.151 e. The topological polar surface area (TPSA) is 60.2 Å². The number of nitrogen functional groups attached to an aromatic ring is 1. The second-order valence-electron chi connectivity index (χ2n) is 3.66. The van der Waals surface area contributed by atoms with Gasteiger partial charge in [-0.1, -0.05) is 24.9 Å². The number of ether oxygens (including phenoxy) is 1. The summed E-state index contributed by atoms with van der Waals surface area (Å²) in [6.45, 7) is 2.75. The molecule has 16 heavy (non-hydrogen) atoms. The number of aromatic nitrogens is 1. The van der Waals surface area contributed by atoms with Gasteiger partial charge in [0.2, 0.25) is 0 Å². The molecule has 1 aromatic rings. The number of nitrogens with zero attached hydrogens (tertiary/aromatic N) is 1. The average Bonchev–Trinajstić information content (AvgIpc) is 2.24. The number of anilines is 2. The van der Waals surface area contributed by atoms with Gasteiger partial charge in [0.1, 0.15) is 5.15 Å². The molecular formula is C11H18ClN3O. The lowest BCUT2D eigenvalue weighted by Crippen LogP contribution is -2.25. The van der Waals surface area contributed by atoms with Gasteiger partial charge in [0.05, 0.1) is 18.3 Å². The summed E-state index contributed by atoms with van der Waals surface area (Å²) in [6.07, 6.45) is 2.07. The van der Waals surface area contributed by atoms with E-state index in [4.69, 9.17) is 22.1 Å². The van der Waals surface area contributed by atoms with Crippen LogP contribution in [0.3, 0.4) is 0 Å². The number of rotatable bonds is 6. The van der Waals surface area contributed by atoms with Crippen LogP contribution in [0.4, 0.5) is 11.5 Å². The third-order valence-corrected chi connectivity index (χ3v) is 2.45. The third-order valence-electron chi connectivity index (χ3n) is 2.24. The molecule has 3 N–H and O–H groups in total. The monoisotopic (exact) mass is 243 g/mol. The highest BCUT2D eigenvalue weighted by Gasteiger charge is 2.10. The molecule has 1 aromatic heterocycles. The second-order valence-corrected chi connectivity index (χ2v) is 4.04. The summed E-state index contributed by atoms with van der Waals surface area (Å²) in [5.41, 5.74) is 6.40. The van der Waals surface area contributed by atoms with Crippen molar-refractivity contribution in [1.29, 1.82) is 0 Å². The van der Waals surface area contributed by atoms with E-state index in [1.807, 2.05) is 0 Å². The number of halogens is 1. The fourth-order valence-corrected chi connectivity index (χ4v) is 1.65. The van der Waals surface area contributed by atoms with Gasteiger partial charge in [-0.3, -0.25) is 0 Å². The Balaban J connectivity index is 2.71. The zero-order valence-corrected chi connectivity index (χ0v) is 10.4. The average molecular weight is 244 g/mol. The largest absolute Gasteiger partial charge is 0.396 e. The van der Waals surface area contributed by atoms with Crippen LogP contribution in [-0.4, -0.2) is 24.7 Å². The van der Waals surface area contributed by atoms with Gasteiger partial charge in [0.15, 0.2) is 5.82 Å². The summed E-state index contributed by atoms with van der Waals surface area (Å²) in [7, 11) is 1.68. The van der Waals surface area contributed by atoms with Crippen molar-refractivity contribution < 1.29 is 4.74 Å². The number of nitrogens with two attached hydrogens (primary N) is 1. The van der Waals surface area contributed by atoms with E-state index in [1.54, 1.807) is 19.2 Å². The Morgan fingerprint density at radius 3 is 2.94 bits per heavy atom. The van der Waals surface area contributed by atoms with Gasteiger partial charge < -0.3 is 15.8 Å². The lowest BCUT2D eigenvalue weighted by atomic mass is 10.2. The number of methoxy groups -OCH3 is 1. The molecule has 0 aliphatic rings. The molecule has 0 fully saturated rings. The van der Waals surface area contributed by atoms with E-state index in [-0.39, 0.29) is 6.04 Å². The van der Waals surface area contributed by atoms with E-state index >= 15 is 0 Å². The first-order valence-corrected chi connectivity index (χ1v) is 5.72.